The van der Waals surface area contributed by atoms with Crippen molar-refractivity contribution in [3.8, 4) is 6.07 Å². The zero-order chi connectivity index (χ0) is 13.0. The Morgan fingerprint density at radius 3 is 2.89 bits per heavy atom. The molecule has 2 rings (SSSR count). The molecule has 1 heterocycles. The molecule has 0 atom stereocenters. The van der Waals surface area contributed by atoms with E-state index in [1.807, 2.05) is 6.07 Å². The van der Waals surface area contributed by atoms with Crippen molar-refractivity contribution in [1.82, 2.24) is 4.98 Å². The quantitative estimate of drug-likeness (QED) is 0.862. The molecular formula is C13H9ClFN3. The van der Waals surface area contributed by atoms with Crippen molar-refractivity contribution in [1.29, 1.82) is 5.26 Å². The molecule has 18 heavy (non-hydrogen) atoms. The van der Waals surface area contributed by atoms with Crippen LogP contribution in [0.2, 0.25) is 5.15 Å². The number of nitriles is 1. The number of hydrogen-bond donors (Lipinski definition) is 1. The lowest BCUT2D eigenvalue weighted by Crippen LogP contribution is -2.02. The van der Waals surface area contributed by atoms with Crippen molar-refractivity contribution < 1.29 is 4.39 Å². The summed E-state index contributed by atoms with van der Waals surface area (Å²) in [5.74, 6) is 0.203. The van der Waals surface area contributed by atoms with Crippen molar-refractivity contribution in [2.24, 2.45) is 0 Å². The molecule has 0 bridgehead atoms. The van der Waals surface area contributed by atoms with Crippen LogP contribution in [0.5, 0.6) is 0 Å². The van der Waals surface area contributed by atoms with E-state index in [2.05, 4.69) is 10.3 Å². The average molecular weight is 262 g/mol. The number of pyridine rings is 1. The molecular weight excluding hydrogens is 253 g/mol. The molecule has 0 aliphatic rings. The summed E-state index contributed by atoms with van der Waals surface area (Å²) in [6.45, 7) is 0.413. The van der Waals surface area contributed by atoms with Gasteiger partial charge in [0.2, 0.25) is 0 Å². The Kier molecular flexibility index (Phi) is 3.75. The zero-order valence-electron chi connectivity index (χ0n) is 9.32. The van der Waals surface area contributed by atoms with E-state index in [4.69, 9.17) is 16.9 Å². The summed E-state index contributed by atoms with van der Waals surface area (Å²) in [7, 11) is 0. The molecule has 3 nitrogen and oxygen atoms in total. The standard InChI is InChI=1S/C13H9ClFN3/c14-12-5-10(7-16)6-13(18-12)17-8-9-2-1-3-11(15)4-9/h1-6H,8H2,(H,17,18). The SMILES string of the molecule is N#Cc1cc(Cl)nc(NCc2cccc(F)c2)c1. The van der Waals surface area contributed by atoms with E-state index in [0.29, 0.717) is 17.9 Å². The summed E-state index contributed by atoms with van der Waals surface area (Å²) in [5, 5.41) is 12.0. The maximum absolute atomic E-state index is 13.0. The van der Waals surface area contributed by atoms with E-state index in [9.17, 15) is 4.39 Å². The Morgan fingerprint density at radius 1 is 1.33 bits per heavy atom. The van der Waals surface area contributed by atoms with Gasteiger partial charge in [-0.25, -0.2) is 9.37 Å². The minimum absolute atomic E-state index is 0.246. The fourth-order valence-electron chi connectivity index (χ4n) is 1.49. The number of anilines is 1. The minimum Gasteiger partial charge on any atom is -0.366 e. The van der Waals surface area contributed by atoms with Crippen LogP contribution in [0.3, 0.4) is 0 Å². The smallest absolute Gasteiger partial charge is 0.132 e. The number of nitrogens with zero attached hydrogens (tertiary/aromatic N) is 2. The number of aromatic nitrogens is 1. The van der Waals surface area contributed by atoms with Gasteiger partial charge in [0.05, 0.1) is 11.6 Å². The molecule has 0 saturated heterocycles. The van der Waals surface area contributed by atoms with Gasteiger partial charge in [0, 0.05) is 6.54 Å². The van der Waals surface area contributed by atoms with Crippen LogP contribution >= 0.6 is 11.6 Å². The normalized spacial score (nSPS) is 9.83. The van der Waals surface area contributed by atoms with Gasteiger partial charge in [0.1, 0.15) is 16.8 Å². The monoisotopic (exact) mass is 261 g/mol. The third-order valence-corrected chi connectivity index (χ3v) is 2.48. The highest BCUT2D eigenvalue weighted by molar-refractivity contribution is 6.29. The molecule has 0 amide bonds. The summed E-state index contributed by atoms with van der Waals surface area (Å²) in [5.41, 5.74) is 1.21. The Bertz CT molecular complexity index is 607. The van der Waals surface area contributed by atoms with Crippen LogP contribution in [0.25, 0.3) is 0 Å². The summed E-state index contributed by atoms with van der Waals surface area (Å²) >= 11 is 5.77. The van der Waals surface area contributed by atoms with E-state index in [1.165, 1.54) is 18.2 Å². The first-order valence-corrected chi connectivity index (χ1v) is 5.61. The summed E-state index contributed by atoms with van der Waals surface area (Å²) in [4.78, 5) is 4.03. The van der Waals surface area contributed by atoms with Crippen LogP contribution in [0.4, 0.5) is 10.2 Å². The first-order chi connectivity index (χ1) is 8.67. The summed E-state index contributed by atoms with van der Waals surface area (Å²) < 4.78 is 13.0. The van der Waals surface area contributed by atoms with Gasteiger partial charge in [-0.2, -0.15) is 5.26 Å². The Labute approximate surface area is 109 Å². The molecule has 90 valence electrons. The van der Waals surface area contributed by atoms with Crippen molar-refractivity contribution in [2.75, 3.05) is 5.32 Å². The topological polar surface area (TPSA) is 48.7 Å². The van der Waals surface area contributed by atoms with Crippen LogP contribution in [-0.4, -0.2) is 4.98 Å². The predicted octanol–water partition coefficient (Wildman–Crippen LogP) is 3.36. The Balaban J connectivity index is 2.11. The molecule has 0 radical (unpaired) electrons. The highest BCUT2D eigenvalue weighted by Gasteiger charge is 2.01. The van der Waals surface area contributed by atoms with Gasteiger partial charge in [-0.1, -0.05) is 23.7 Å². The molecule has 0 spiro atoms. The second-order valence-electron chi connectivity index (χ2n) is 3.66. The number of nitrogens with one attached hydrogen (secondary N) is 1. The van der Waals surface area contributed by atoms with Crippen LogP contribution < -0.4 is 5.32 Å². The van der Waals surface area contributed by atoms with Gasteiger partial charge in [-0.3, -0.25) is 0 Å². The largest absolute Gasteiger partial charge is 0.366 e. The minimum atomic E-state index is -0.286. The lowest BCUT2D eigenvalue weighted by Gasteiger charge is -2.06. The Hall–Kier alpha value is -2.12. The van der Waals surface area contributed by atoms with Crippen LogP contribution in [0.15, 0.2) is 36.4 Å². The molecule has 5 heteroatoms. The van der Waals surface area contributed by atoms with Gasteiger partial charge >= 0.3 is 0 Å². The van der Waals surface area contributed by atoms with Crippen LogP contribution in [-0.2, 0) is 6.54 Å². The molecule has 1 aromatic heterocycles. The number of benzene rings is 1. The average Bonchev–Trinajstić information content (AvgIpc) is 2.36. The number of rotatable bonds is 3. The molecule has 0 saturated carbocycles. The third kappa shape index (κ3) is 3.19. The molecule has 2 aromatic rings. The van der Waals surface area contributed by atoms with E-state index in [1.54, 1.807) is 18.2 Å². The fourth-order valence-corrected chi connectivity index (χ4v) is 1.70. The number of halogens is 2. The van der Waals surface area contributed by atoms with Crippen molar-refractivity contribution in [3.05, 3.63) is 58.5 Å². The lowest BCUT2D eigenvalue weighted by atomic mass is 10.2. The molecule has 0 unspecified atom stereocenters. The maximum Gasteiger partial charge on any atom is 0.132 e. The van der Waals surface area contributed by atoms with Gasteiger partial charge < -0.3 is 5.32 Å². The molecule has 0 aliphatic carbocycles. The highest BCUT2D eigenvalue weighted by Crippen LogP contribution is 2.15. The van der Waals surface area contributed by atoms with E-state index >= 15 is 0 Å². The Morgan fingerprint density at radius 2 is 2.17 bits per heavy atom. The van der Waals surface area contributed by atoms with E-state index in [0.717, 1.165) is 5.56 Å². The fraction of sp³-hybridized carbons (Fsp3) is 0.0769. The van der Waals surface area contributed by atoms with Gasteiger partial charge in [-0.05, 0) is 29.8 Å². The summed E-state index contributed by atoms with van der Waals surface area (Å²) in [6.07, 6.45) is 0. The highest BCUT2D eigenvalue weighted by atomic mass is 35.5. The van der Waals surface area contributed by atoms with Crippen molar-refractivity contribution in [3.63, 3.8) is 0 Å². The van der Waals surface area contributed by atoms with Crippen molar-refractivity contribution >= 4 is 17.4 Å². The predicted molar refractivity (Wildman–Crippen MR) is 67.7 cm³/mol. The van der Waals surface area contributed by atoms with Crippen LogP contribution in [0, 0.1) is 17.1 Å². The molecule has 0 aliphatic heterocycles. The zero-order valence-corrected chi connectivity index (χ0v) is 10.1. The van der Waals surface area contributed by atoms with E-state index in [-0.39, 0.29) is 11.0 Å². The molecule has 1 N–H and O–H groups in total. The third-order valence-electron chi connectivity index (χ3n) is 2.29. The molecule has 0 fully saturated rings. The molecule has 1 aromatic carbocycles. The lowest BCUT2D eigenvalue weighted by molar-refractivity contribution is 0.626. The van der Waals surface area contributed by atoms with Crippen molar-refractivity contribution in [2.45, 2.75) is 6.54 Å². The van der Waals surface area contributed by atoms with Crippen LogP contribution in [0.1, 0.15) is 11.1 Å². The first-order valence-electron chi connectivity index (χ1n) is 5.23. The second-order valence-corrected chi connectivity index (χ2v) is 4.05. The van der Waals surface area contributed by atoms with Gasteiger partial charge in [0.25, 0.3) is 0 Å². The number of hydrogen-bond acceptors (Lipinski definition) is 3. The second kappa shape index (κ2) is 5.48. The van der Waals surface area contributed by atoms with Gasteiger partial charge in [-0.15, -0.1) is 0 Å². The first kappa shape index (κ1) is 12.3. The van der Waals surface area contributed by atoms with E-state index < -0.39 is 0 Å². The summed E-state index contributed by atoms with van der Waals surface area (Å²) in [6, 6.07) is 11.3. The van der Waals surface area contributed by atoms with Gasteiger partial charge in [0.15, 0.2) is 0 Å². The maximum atomic E-state index is 13.0.